The summed E-state index contributed by atoms with van der Waals surface area (Å²) in [5.41, 5.74) is 1.70. The van der Waals surface area contributed by atoms with Crippen LogP contribution in [0.5, 0.6) is 17.2 Å². The smallest absolute Gasteiger partial charge is 0.418 e. The van der Waals surface area contributed by atoms with Crippen molar-refractivity contribution in [3.63, 3.8) is 0 Å². The van der Waals surface area contributed by atoms with Crippen LogP contribution in [0.1, 0.15) is 41.6 Å². The lowest BCUT2D eigenvalue weighted by Gasteiger charge is -2.30. The van der Waals surface area contributed by atoms with E-state index < -0.39 is 23.9 Å². The van der Waals surface area contributed by atoms with Gasteiger partial charge in [0.15, 0.2) is 5.75 Å². The largest absolute Gasteiger partial charge is 0.485 e. The number of para-hydroxylation sites is 1. The Bertz CT molecular complexity index is 1540. The molecule has 43 heavy (non-hydrogen) atoms. The molecule has 11 nitrogen and oxygen atoms in total. The standard InChI is InChI=1S/C32H31N3O8/c1-40-32(39)35(21-10-12-23(13-11-21)42-22-6-3-2-4-7-22)25-14-9-20-18-34(26-15-16-27(36)33-30(26)37)31(38)28(20)29(25)43-24-8-5-17-41-19-24/h2-4,6-7,9-14,24,26H,5,8,15-19H2,1H3,(H,33,36,37)/t24-,26?/m1/s1. The van der Waals surface area contributed by atoms with Gasteiger partial charge in [0.2, 0.25) is 11.8 Å². The van der Waals surface area contributed by atoms with Crippen LogP contribution in [0.3, 0.4) is 0 Å². The van der Waals surface area contributed by atoms with Crippen molar-refractivity contribution < 1.29 is 38.1 Å². The lowest BCUT2D eigenvalue weighted by Crippen LogP contribution is -2.52. The number of fused-ring (bicyclic) bond motifs is 1. The summed E-state index contributed by atoms with van der Waals surface area (Å²) in [6, 6.07) is 18.9. The molecule has 0 aromatic heterocycles. The number of rotatable bonds is 7. The SMILES string of the molecule is COC(=O)N(c1ccc(Oc2ccccc2)cc1)c1ccc2c(c1O[C@@H]1CCCOC1)C(=O)N(C1CCC(=O)NC1=O)C2. The summed E-state index contributed by atoms with van der Waals surface area (Å²) >= 11 is 0. The van der Waals surface area contributed by atoms with Gasteiger partial charge in [-0.3, -0.25) is 19.7 Å². The number of imide groups is 1. The Kier molecular flexibility index (Phi) is 7.97. The highest BCUT2D eigenvalue weighted by Crippen LogP contribution is 2.44. The number of carbonyl (C=O) groups is 4. The maximum absolute atomic E-state index is 14.0. The molecule has 222 valence electrons. The number of piperidine rings is 1. The van der Waals surface area contributed by atoms with Gasteiger partial charge in [-0.15, -0.1) is 0 Å². The molecule has 3 aliphatic heterocycles. The average molecular weight is 586 g/mol. The Morgan fingerprint density at radius 2 is 1.74 bits per heavy atom. The third-order valence-corrected chi connectivity index (χ3v) is 7.70. The number of nitrogens with zero attached hydrogens (tertiary/aromatic N) is 2. The molecule has 6 rings (SSSR count). The summed E-state index contributed by atoms with van der Waals surface area (Å²) < 4.78 is 23.2. The van der Waals surface area contributed by atoms with Crippen molar-refractivity contribution in [2.75, 3.05) is 25.2 Å². The highest BCUT2D eigenvalue weighted by atomic mass is 16.5. The van der Waals surface area contributed by atoms with Gasteiger partial charge in [-0.25, -0.2) is 9.69 Å². The maximum atomic E-state index is 14.0. The van der Waals surface area contributed by atoms with Gasteiger partial charge in [0.05, 0.1) is 30.7 Å². The highest BCUT2D eigenvalue weighted by Gasteiger charge is 2.42. The van der Waals surface area contributed by atoms with E-state index in [0.717, 1.165) is 6.42 Å². The number of nitrogens with one attached hydrogen (secondary N) is 1. The van der Waals surface area contributed by atoms with Crippen LogP contribution in [-0.2, 0) is 25.6 Å². The monoisotopic (exact) mass is 585 g/mol. The van der Waals surface area contributed by atoms with Crippen molar-refractivity contribution in [1.29, 1.82) is 0 Å². The molecule has 1 N–H and O–H groups in total. The number of benzene rings is 3. The third-order valence-electron chi connectivity index (χ3n) is 7.70. The summed E-state index contributed by atoms with van der Waals surface area (Å²) in [5, 5.41) is 2.33. The number of hydrogen-bond donors (Lipinski definition) is 1. The predicted molar refractivity (Wildman–Crippen MR) is 154 cm³/mol. The first kappa shape index (κ1) is 28.2. The van der Waals surface area contributed by atoms with Crippen LogP contribution in [-0.4, -0.2) is 61.2 Å². The van der Waals surface area contributed by atoms with Crippen LogP contribution in [0.15, 0.2) is 66.7 Å². The first-order valence-electron chi connectivity index (χ1n) is 14.2. The van der Waals surface area contributed by atoms with E-state index in [1.165, 1.54) is 16.9 Å². The molecule has 2 fully saturated rings. The molecular weight excluding hydrogens is 554 g/mol. The molecule has 0 radical (unpaired) electrons. The van der Waals surface area contributed by atoms with E-state index in [1.54, 1.807) is 36.4 Å². The van der Waals surface area contributed by atoms with E-state index in [9.17, 15) is 19.2 Å². The summed E-state index contributed by atoms with van der Waals surface area (Å²) in [5.74, 6) is 0.178. The lowest BCUT2D eigenvalue weighted by molar-refractivity contribution is -0.136. The molecule has 3 aliphatic rings. The average Bonchev–Trinajstić information content (AvgIpc) is 3.36. The predicted octanol–water partition coefficient (Wildman–Crippen LogP) is 4.70. The lowest BCUT2D eigenvalue weighted by atomic mass is 10.0. The molecule has 2 atom stereocenters. The fraction of sp³-hybridized carbons (Fsp3) is 0.312. The normalized spacial score (nSPS) is 19.8. The van der Waals surface area contributed by atoms with Crippen LogP contribution >= 0.6 is 0 Å². The Balaban J connectivity index is 1.38. The van der Waals surface area contributed by atoms with Gasteiger partial charge in [0, 0.05) is 19.6 Å². The fourth-order valence-corrected chi connectivity index (χ4v) is 5.60. The first-order chi connectivity index (χ1) is 20.9. The van der Waals surface area contributed by atoms with E-state index in [4.69, 9.17) is 18.9 Å². The van der Waals surface area contributed by atoms with Gasteiger partial charge in [0.1, 0.15) is 23.6 Å². The van der Waals surface area contributed by atoms with Crippen molar-refractivity contribution >= 4 is 35.2 Å². The second-order valence-electron chi connectivity index (χ2n) is 10.5. The van der Waals surface area contributed by atoms with E-state index in [-0.39, 0.29) is 42.7 Å². The molecule has 4 amide bonds. The second kappa shape index (κ2) is 12.1. The molecule has 2 saturated heterocycles. The van der Waals surface area contributed by atoms with E-state index in [0.29, 0.717) is 48.1 Å². The molecule has 0 aliphatic carbocycles. The van der Waals surface area contributed by atoms with E-state index >= 15 is 0 Å². The van der Waals surface area contributed by atoms with E-state index in [1.807, 2.05) is 30.3 Å². The quantitative estimate of drug-likeness (QED) is 0.396. The number of ether oxygens (including phenoxy) is 4. The number of methoxy groups -OCH3 is 1. The highest BCUT2D eigenvalue weighted by molar-refractivity contribution is 6.09. The molecular formula is C32H31N3O8. The van der Waals surface area contributed by atoms with Gasteiger partial charge in [0.25, 0.3) is 5.91 Å². The van der Waals surface area contributed by atoms with Crippen molar-refractivity contribution in [3.8, 4) is 17.2 Å². The number of hydrogen-bond acceptors (Lipinski definition) is 8. The zero-order valence-electron chi connectivity index (χ0n) is 23.6. The van der Waals surface area contributed by atoms with Crippen LogP contribution < -0.4 is 19.7 Å². The van der Waals surface area contributed by atoms with Crippen LogP contribution in [0, 0.1) is 0 Å². The summed E-state index contributed by atoms with van der Waals surface area (Å²) in [6.07, 6.45) is 0.833. The van der Waals surface area contributed by atoms with E-state index in [2.05, 4.69) is 5.32 Å². The fourth-order valence-electron chi connectivity index (χ4n) is 5.60. The Morgan fingerprint density at radius 3 is 2.44 bits per heavy atom. The van der Waals surface area contributed by atoms with Gasteiger partial charge in [-0.2, -0.15) is 0 Å². The number of amides is 4. The molecule has 3 aromatic rings. The topological polar surface area (TPSA) is 124 Å². The van der Waals surface area contributed by atoms with Crippen LogP contribution in [0.4, 0.5) is 16.2 Å². The molecule has 0 spiro atoms. The van der Waals surface area contributed by atoms with Gasteiger partial charge >= 0.3 is 6.09 Å². The van der Waals surface area contributed by atoms with Gasteiger partial charge in [-0.1, -0.05) is 24.3 Å². The van der Waals surface area contributed by atoms with Crippen molar-refractivity contribution in [2.24, 2.45) is 0 Å². The van der Waals surface area contributed by atoms with Crippen LogP contribution in [0.2, 0.25) is 0 Å². The second-order valence-corrected chi connectivity index (χ2v) is 10.5. The maximum Gasteiger partial charge on any atom is 0.418 e. The number of carbonyl (C=O) groups excluding carboxylic acids is 4. The molecule has 0 saturated carbocycles. The van der Waals surface area contributed by atoms with Gasteiger partial charge < -0.3 is 23.8 Å². The molecule has 0 bridgehead atoms. The first-order valence-corrected chi connectivity index (χ1v) is 14.2. The molecule has 3 aromatic carbocycles. The van der Waals surface area contributed by atoms with Crippen molar-refractivity contribution in [2.45, 2.75) is 44.4 Å². The zero-order valence-corrected chi connectivity index (χ0v) is 23.6. The Labute approximate surface area is 248 Å². The molecule has 11 heteroatoms. The van der Waals surface area contributed by atoms with Crippen molar-refractivity contribution in [1.82, 2.24) is 10.2 Å². The minimum Gasteiger partial charge on any atom is -0.485 e. The van der Waals surface area contributed by atoms with Crippen molar-refractivity contribution in [3.05, 3.63) is 77.9 Å². The summed E-state index contributed by atoms with van der Waals surface area (Å²) in [6.45, 7) is 1.12. The zero-order chi connectivity index (χ0) is 29.9. The molecule has 1 unspecified atom stereocenters. The van der Waals surface area contributed by atoms with Crippen LogP contribution in [0.25, 0.3) is 0 Å². The van der Waals surface area contributed by atoms with Gasteiger partial charge in [-0.05, 0) is 67.3 Å². The minimum atomic E-state index is -0.791. The third kappa shape index (κ3) is 5.76. The Morgan fingerprint density at radius 1 is 0.977 bits per heavy atom. The molecule has 3 heterocycles. The Hall–Kier alpha value is -4.90. The number of anilines is 2. The summed E-state index contributed by atoms with van der Waals surface area (Å²) in [7, 11) is 1.28. The minimum absolute atomic E-state index is 0.144. The summed E-state index contributed by atoms with van der Waals surface area (Å²) in [4.78, 5) is 54.5.